The summed E-state index contributed by atoms with van der Waals surface area (Å²) in [6.45, 7) is 12.0. The summed E-state index contributed by atoms with van der Waals surface area (Å²) in [5, 5.41) is 12.5. The van der Waals surface area contributed by atoms with Crippen molar-refractivity contribution in [3.05, 3.63) is 49.1 Å². The van der Waals surface area contributed by atoms with E-state index in [9.17, 15) is 9.59 Å². The SMILES string of the molecule is C=CCOC/C=C\C=C(/COCC=C)C(=O)NCCCC(CCCNC)(CCNC)C(=O)NCCCCN. The Morgan fingerprint density at radius 1 is 0.816 bits per heavy atom. The molecule has 6 N–H and O–H groups in total. The minimum absolute atomic E-state index is 0.0921. The second-order valence-corrected chi connectivity index (χ2v) is 9.20. The molecule has 0 aliphatic carbocycles. The highest BCUT2D eigenvalue weighted by molar-refractivity contribution is 5.94. The normalized spacial score (nSPS) is 13.3. The van der Waals surface area contributed by atoms with Crippen molar-refractivity contribution in [1.29, 1.82) is 0 Å². The summed E-state index contributed by atoms with van der Waals surface area (Å²) in [4.78, 5) is 26.3. The van der Waals surface area contributed by atoms with Crippen LogP contribution in [0.5, 0.6) is 0 Å². The third kappa shape index (κ3) is 17.3. The van der Waals surface area contributed by atoms with Crippen molar-refractivity contribution in [3.63, 3.8) is 0 Å². The van der Waals surface area contributed by atoms with E-state index in [-0.39, 0.29) is 18.4 Å². The number of rotatable bonds is 26. The highest BCUT2D eigenvalue weighted by Crippen LogP contribution is 2.34. The smallest absolute Gasteiger partial charge is 0.249 e. The number of ether oxygens (including phenoxy) is 2. The molecule has 38 heavy (non-hydrogen) atoms. The predicted molar refractivity (Wildman–Crippen MR) is 157 cm³/mol. The van der Waals surface area contributed by atoms with Gasteiger partial charge in [0.15, 0.2) is 0 Å². The molecule has 1 unspecified atom stereocenters. The summed E-state index contributed by atoms with van der Waals surface area (Å²) < 4.78 is 10.8. The Hall–Kier alpha value is -2.30. The van der Waals surface area contributed by atoms with Crippen molar-refractivity contribution in [2.24, 2.45) is 11.1 Å². The summed E-state index contributed by atoms with van der Waals surface area (Å²) in [5.41, 5.74) is 5.62. The van der Waals surface area contributed by atoms with Crippen molar-refractivity contribution in [2.45, 2.75) is 44.9 Å². The fraction of sp³-hybridized carbons (Fsp3) is 0.655. The third-order valence-corrected chi connectivity index (χ3v) is 6.12. The van der Waals surface area contributed by atoms with E-state index in [4.69, 9.17) is 15.2 Å². The van der Waals surface area contributed by atoms with Gasteiger partial charge in [-0.25, -0.2) is 0 Å². The van der Waals surface area contributed by atoms with Gasteiger partial charge in [0.2, 0.25) is 11.8 Å². The van der Waals surface area contributed by atoms with Crippen molar-refractivity contribution in [1.82, 2.24) is 21.3 Å². The molecule has 0 aromatic rings. The number of carbonyl (C=O) groups is 2. The molecular weight excluding hydrogens is 482 g/mol. The Bertz CT molecular complexity index is 711. The number of carbonyl (C=O) groups excluding carboxylic acids is 2. The first-order valence-corrected chi connectivity index (χ1v) is 13.8. The molecule has 0 saturated carbocycles. The molecule has 0 spiro atoms. The van der Waals surface area contributed by atoms with E-state index in [2.05, 4.69) is 34.4 Å². The summed E-state index contributed by atoms with van der Waals surface area (Å²) >= 11 is 0. The highest BCUT2D eigenvalue weighted by atomic mass is 16.5. The topological polar surface area (TPSA) is 127 Å². The van der Waals surface area contributed by atoms with E-state index in [1.54, 1.807) is 24.3 Å². The average molecular weight is 536 g/mol. The Morgan fingerprint density at radius 2 is 1.47 bits per heavy atom. The second-order valence-electron chi connectivity index (χ2n) is 9.20. The molecule has 1 atom stereocenters. The number of amides is 2. The number of allylic oxidation sites excluding steroid dienone is 2. The van der Waals surface area contributed by atoms with Gasteiger partial charge in [-0.3, -0.25) is 9.59 Å². The minimum atomic E-state index is -0.493. The fourth-order valence-electron chi connectivity index (χ4n) is 3.99. The molecule has 0 fully saturated rings. The van der Waals surface area contributed by atoms with Crippen LogP contribution in [-0.2, 0) is 19.1 Å². The molecule has 0 radical (unpaired) electrons. The zero-order valence-electron chi connectivity index (χ0n) is 23.8. The molecule has 9 heteroatoms. The van der Waals surface area contributed by atoms with Gasteiger partial charge < -0.3 is 36.5 Å². The fourth-order valence-corrected chi connectivity index (χ4v) is 3.99. The Balaban J connectivity index is 5.21. The second kappa shape index (κ2) is 25.0. The van der Waals surface area contributed by atoms with Crippen LogP contribution in [0.25, 0.3) is 0 Å². The number of nitrogens with two attached hydrogens (primary N) is 1. The average Bonchev–Trinajstić information content (AvgIpc) is 2.92. The molecule has 2 amide bonds. The van der Waals surface area contributed by atoms with Crippen LogP contribution in [0.15, 0.2) is 49.1 Å². The van der Waals surface area contributed by atoms with Gasteiger partial charge in [-0.05, 0) is 78.7 Å². The van der Waals surface area contributed by atoms with Crippen molar-refractivity contribution < 1.29 is 19.1 Å². The lowest BCUT2D eigenvalue weighted by Gasteiger charge is -2.33. The van der Waals surface area contributed by atoms with E-state index in [1.165, 1.54) is 0 Å². The molecule has 0 bridgehead atoms. The van der Waals surface area contributed by atoms with E-state index >= 15 is 0 Å². The third-order valence-electron chi connectivity index (χ3n) is 6.12. The predicted octanol–water partition coefficient (Wildman–Crippen LogP) is 2.22. The minimum Gasteiger partial charge on any atom is -0.373 e. The lowest BCUT2D eigenvalue weighted by atomic mass is 9.75. The van der Waals surface area contributed by atoms with E-state index in [0.29, 0.717) is 57.9 Å². The molecule has 0 saturated heterocycles. The van der Waals surface area contributed by atoms with Crippen molar-refractivity contribution in [3.8, 4) is 0 Å². The Morgan fingerprint density at radius 3 is 2.13 bits per heavy atom. The monoisotopic (exact) mass is 535 g/mol. The first-order valence-electron chi connectivity index (χ1n) is 13.8. The molecular formula is C29H53N5O4. The van der Waals surface area contributed by atoms with Crippen LogP contribution in [-0.4, -0.2) is 85.1 Å². The van der Waals surface area contributed by atoms with Crippen LogP contribution in [0.1, 0.15) is 44.9 Å². The van der Waals surface area contributed by atoms with Gasteiger partial charge in [0.25, 0.3) is 0 Å². The van der Waals surface area contributed by atoms with Crippen LogP contribution < -0.4 is 27.0 Å². The summed E-state index contributed by atoms with van der Waals surface area (Å²) in [7, 11) is 3.82. The lowest BCUT2D eigenvalue weighted by molar-refractivity contribution is -0.132. The number of nitrogens with one attached hydrogen (secondary N) is 4. The maximum Gasteiger partial charge on any atom is 0.249 e. The van der Waals surface area contributed by atoms with Crippen LogP contribution in [0.4, 0.5) is 0 Å². The molecule has 0 aromatic carbocycles. The van der Waals surface area contributed by atoms with Gasteiger partial charge in [-0.15, -0.1) is 13.2 Å². The largest absolute Gasteiger partial charge is 0.373 e. The maximum absolute atomic E-state index is 13.4. The van der Waals surface area contributed by atoms with E-state index in [0.717, 1.165) is 45.2 Å². The highest BCUT2D eigenvalue weighted by Gasteiger charge is 2.36. The molecule has 9 nitrogen and oxygen atoms in total. The zero-order chi connectivity index (χ0) is 28.3. The first kappa shape index (κ1) is 35.7. The molecule has 0 rings (SSSR count). The number of hydrogen-bond acceptors (Lipinski definition) is 7. The van der Waals surface area contributed by atoms with Crippen LogP contribution >= 0.6 is 0 Å². The van der Waals surface area contributed by atoms with Crippen molar-refractivity contribution >= 4 is 11.8 Å². The van der Waals surface area contributed by atoms with Gasteiger partial charge in [0, 0.05) is 18.7 Å². The Labute approximate surface area is 230 Å². The molecule has 0 aromatic heterocycles. The molecule has 218 valence electrons. The summed E-state index contributed by atoms with van der Waals surface area (Å²) in [6.07, 6.45) is 14.2. The van der Waals surface area contributed by atoms with Gasteiger partial charge in [0.1, 0.15) is 0 Å². The molecule has 0 heterocycles. The van der Waals surface area contributed by atoms with Gasteiger partial charge in [0.05, 0.1) is 31.8 Å². The molecule has 0 aliphatic heterocycles. The Kier molecular flexibility index (Phi) is 23.5. The van der Waals surface area contributed by atoms with Crippen molar-refractivity contribution in [2.75, 3.05) is 73.2 Å². The standard InChI is InChI=1S/C29H53N5O4/c1-5-22-37-24-10-7-13-26(25-38-23-6-2)27(35)33-20-12-15-29(16-21-32-4,14-11-18-31-3)28(36)34-19-9-8-17-30/h5-7,10,13,31-32H,1-2,8-9,11-12,14-25,30H2,3-4H3,(H,33,35)(H,34,36)/b10-7-,26-13+. The van der Waals surface area contributed by atoms with Crippen LogP contribution in [0.3, 0.4) is 0 Å². The zero-order valence-corrected chi connectivity index (χ0v) is 23.8. The van der Waals surface area contributed by atoms with E-state index < -0.39 is 5.41 Å². The number of hydrogen-bond donors (Lipinski definition) is 5. The van der Waals surface area contributed by atoms with Gasteiger partial charge in [-0.2, -0.15) is 0 Å². The van der Waals surface area contributed by atoms with Gasteiger partial charge in [-0.1, -0.05) is 30.4 Å². The summed E-state index contributed by atoms with van der Waals surface area (Å²) in [5.74, 6) is -0.0950. The van der Waals surface area contributed by atoms with Gasteiger partial charge >= 0.3 is 0 Å². The first-order chi connectivity index (χ1) is 18.5. The van der Waals surface area contributed by atoms with Crippen LogP contribution in [0, 0.1) is 5.41 Å². The number of unbranched alkanes of at least 4 members (excludes halogenated alkanes) is 1. The lowest BCUT2D eigenvalue weighted by Crippen LogP contribution is -2.44. The van der Waals surface area contributed by atoms with Crippen LogP contribution in [0.2, 0.25) is 0 Å². The quantitative estimate of drug-likeness (QED) is 0.0498. The molecule has 0 aliphatic rings. The maximum atomic E-state index is 13.4. The van der Waals surface area contributed by atoms with E-state index in [1.807, 2.05) is 20.2 Å². The summed E-state index contributed by atoms with van der Waals surface area (Å²) in [6, 6.07) is 0.